The van der Waals surface area contributed by atoms with Crippen molar-refractivity contribution in [2.75, 3.05) is 7.05 Å². The smallest absolute Gasteiger partial charge is 0.0198 e. The maximum atomic E-state index is 3.46. The molecule has 0 amide bonds. The molecule has 1 nitrogen and oxygen atoms in total. The molecule has 0 heterocycles. The summed E-state index contributed by atoms with van der Waals surface area (Å²) in [6.45, 7) is 11.5. The molecule has 12 heavy (non-hydrogen) atoms. The second-order valence-electron chi connectivity index (χ2n) is 4.38. The van der Waals surface area contributed by atoms with E-state index in [4.69, 9.17) is 0 Å². The minimum absolute atomic E-state index is 0.302. The van der Waals surface area contributed by atoms with E-state index in [1.807, 2.05) is 0 Å². The van der Waals surface area contributed by atoms with Gasteiger partial charge in [-0.3, -0.25) is 0 Å². The van der Waals surface area contributed by atoms with Crippen molar-refractivity contribution in [3.63, 3.8) is 0 Å². The van der Waals surface area contributed by atoms with Gasteiger partial charge in [-0.2, -0.15) is 0 Å². The van der Waals surface area contributed by atoms with Crippen molar-refractivity contribution in [3.8, 4) is 0 Å². The molecule has 0 rings (SSSR count). The van der Waals surface area contributed by atoms with Crippen molar-refractivity contribution in [1.29, 1.82) is 0 Å². The minimum atomic E-state index is 0.302. The van der Waals surface area contributed by atoms with Gasteiger partial charge in [0.2, 0.25) is 0 Å². The van der Waals surface area contributed by atoms with Gasteiger partial charge < -0.3 is 5.32 Å². The molecule has 0 aromatic rings. The molecule has 0 aromatic heterocycles. The van der Waals surface area contributed by atoms with E-state index >= 15 is 0 Å². The van der Waals surface area contributed by atoms with Crippen LogP contribution in [0, 0.1) is 11.8 Å². The largest absolute Gasteiger partial charge is 0.314 e. The molecule has 74 valence electrons. The molecule has 0 saturated carbocycles. The summed E-state index contributed by atoms with van der Waals surface area (Å²) in [7, 11) is 2.08. The Morgan fingerprint density at radius 3 is 2.00 bits per heavy atom. The molecular weight excluding hydrogens is 146 g/mol. The lowest BCUT2D eigenvalue weighted by Crippen LogP contribution is -2.50. The maximum Gasteiger partial charge on any atom is 0.0198 e. The molecule has 0 spiro atoms. The molecular formula is C11H25N. The summed E-state index contributed by atoms with van der Waals surface area (Å²) in [5, 5.41) is 3.46. The lowest BCUT2D eigenvalue weighted by molar-refractivity contribution is 0.178. The number of rotatable bonds is 5. The number of hydrogen-bond donors (Lipinski definition) is 1. The van der Waals surface area contributed by atoms with Gasteiger partial charge in [-0.25, -0.2) is 0 Å². The fourth-order valence-corrected chi connectivity index (χ4v) is 1.84. The van der Waals surface area contributed by atoms with Crippen LogP contribution in [0.5, 0.6) is 0 Å². The van der Waals surface area contributed by atoms with Gasteiger partial charge in [0, 0.05) is 5.54 Å². The van der Waals surface area contributed by atoms with Crippen molar-refractivity contribution >= 4 is 0 Å². The average Bonchev–Trinajstić information content (AvgIpc) is 2.03. The number of nitrogens with one attached hydrogen (secondary N) is 1. The van der Waals surface area contributed by atoms with E-state index in [1.165, 1.54) is 12.8 Å². The Hall–Kier alpha value is -0.0400. The van der Waals surface area contributed by atoms with E-state index in [9.17, 15) is 0 Å². The zero-order valence-corrected chi connectivity index (χ0v) is 9.57. The van der Waals surface area contributed by atoms with Crippen LogP contribution in [-0.4, -0.2) is 12.6 Å². The lowest BCUT2D eigenvalue weighted by atomic mass is 9.76. The maximum absolute atomic E-state index is 3.46. The Bertz CT molecular complexity index is 120. The van der Waals surface area contributed by atoms with Crippen molar-refractivity contribution in [2.24, 2.45) is 11.8 Å². The first-order valence-corrected chi connectivity index (χ1v) is 5.17. The van der Waals surface area contributed by atoms with E-state index < -0.39 is 0 Å². The SMILES string of the molecule is CCCC(C)[C@@](C)(NC)C(C)C. The molecule has 0 aromatic carbocycles. The summed E-state index contributed by atoms with van der Waals surface area (Å²) in [6.07, 6.45) is 2.60. The third-order valence-electron chi connectivity index (χ3n) is 3.48. The zero-order valence-electron chi connectivity index (χ0n) is 9.57. The predicted octanol–water partition coefficient (Wildman–Crippen LogP) is 3.06. The molecule has 0 aliphatic heterocycles. The first-order chi connectivity index (χ1) is 5.49. The van der Waals surface area contributed by atoms with Crippen LogP contribution in [0.2, 0.25) is 0 Å². The third kappa shape index (κ3) is 2.48. The topological polar surface area (TPSA) is 12.0 Å². The van der Waals surface area contributed by atoms with Crippen LogP contribution in [0.1, 0.15) is 47.5 Å². The predicted molar refractivity (Wildman–Crippen MR) is 56.4 cm³/mol. The van der Waals surface area contributed by atoms with Crippen molar-refractivity contribution in [1.82, 2.24) is 5.32 Å². The van der Waals surface area contributed by atoms with Crippen LogP contribution in [0.3, 0.4) is 0 Å². The van der Waals surface area contributed by atoms with Gasteiger partial charge in [0.15, 0.2) is 0 Å². The van der Waals surface area contributed by atoms with Crippen LogP contribution in [-0.2, 0) is 0 Å². The highest BCUT2D eigenvalue weighted by molar-refractivity contribution is 4.89. The van der Waals surface area contributed by atoms with Gasteiger partial charge in [0.1, 0.15) is 0 Å². The molecule has 2 atom stereocenters. The highest BCUT2D eigenvalue weighted by Crippen LogP contribution is 2.28. The van der Waals surface area contributed by atoms with Gasteiger partial charge in [-0.15, -0.1) is 0 Å². The second-order valence-corrected chi connectivity index (χ2v) is 4.38. The van der Waals surface area contributed by atoms with E-state index in [0.717, 1.165) is 5.92 Å². The standard InChI is InChI=1S/C11H25N/c1-7-8-10(4)11(5,12-6)9(2)3/h9-10,12H,7-8H2,1-6H3/t10?,11-/m0/s1. The van der Waals surface area contributed by atoms with Crippen LogP contribution < -0.4 is 5.32 Å². The molecule has 1 unspecified atom stereocenters. The fraction of sp³-hybridized carbons (Fsp3) is 1.00. The number of hydrogen-bond acceptors (Lipinski definition) is 1. The van der Waals surface area contributed by atoms with Crippen LogP contribution in [0.15, 0.2) is 0 Å². The highest BCUT2D eigenvalue weighted by atomic mass is 14.9. The van der Waals surface area contributed by atoms with E-state index in [2.05, 4.69) is 47.0 Å². The van der Waals surface area contributed by atoms with Crippen LogP contribution in [0.4, 0.5) is 0 Å². The third-order valence-corrected chi connectivity index (χ3v) is 3.48. The Labute approximate surface area is 77.9 Å². The molecule has 1 heteroatoms. The summed E-state index contributed by atoms with van der Waals surface area (Å²) in [5.74, 6) is 1.46. The fourth-order valence-electron chi connectivity index (χ4n) is 1.84. The summed E-state index contributed by atoms with van der Waals surface area (Å²) < 4.78 is 0. The van der Waals surface area contributed by atoms with Gasteiger partial charge in [-0.1, -0.05) is 34.1 Å². The Morgan fingerprint density at radius 1 is 1.25 bits per heavy atom. The second kappa shape index (κ2) is 4.86. The molecule has 1 N–H and O–H groups in total. The van der Waals surface area contributed by atoms with Gasteiger partial charge in [0.05, 0.1) is 0 Å². The van der Waals surface area contributed by atoms with E-state index in [-0.39, 0.29) is 0 Å². The summed E-state index contributed by atoms with van der Waals surface area (Å²) in [5.41, 5.74) is 0.302. The van der Waals surface area contributed by atoms with Gasteiger partial charge in [-0.05, 0) is 32.2 Å². The van der Waals surface area contributed by atoms with Gasteiger partial charge in [0.25, 0.3) is 0 Å². The lowest BCUT2D eigenvalue weighted by Gasteiger charge is -2.39. The van der Waals surface area contributed by atoms with E-state index in [1.54, 1.807) is 0 Å². The molecule has 0 fully saturated rings. The Morgan fingerprint density at radius 2 is 1.75 bits per heavy atom. The molecule has 0 saturated heterocycles. The highest BCUT2D eigenvalue weighted by Gasteiger charge is 2.31. The minimum Gasteiger partial charge on any atom is -0.314 e. The van der Waals surface area contributed by atoms with Crippen molar-refractivity contribution in [2.45, 2.75) is 53.0 Å². The molecule has 0 aliphatic carbocycles. The molecule has 0 radical (unpaired) electrons. The van der Waals surface area contributed by atoms with Crippen molar-refractivity contribution < 1.29 is 0 Å². The van der Waals surface area contributed by atoms with Crippen LogP contribution >= 0.6 is 0 Å². The van der Waals surface area contributed by atoms with E-state index in [0.29, 0.717) is 11.5 Å². The van der Waals surface area contributed by atoms with Gasteiger partial charge >= 0.3 is 0 Å². The van der Waals surface area contributed by atoms with Crippen LogP contribution in [0.25, 0.3) is 0 Å². The molecule has 0 bridgehead atoms. The molecule has 0 aliphatic rings. The summed E-state index contributed by atoms with van der Waals surface area (Å²) >= 11 is 0. The summed E-state index contributed by atoms with van der Waals surface area (Å²) in [6, 6.07) is 0. The first kappa shape index (κ1) is 12.0. The first-order valence-electron chi connectivity index (χ1n) is 5.17. The zero-order chi connectivity index (χ0) is 9.78. The Balaban J connectivity index is 4.29. The normalized spacial score (nSPS) is 19.2. The van der Waals surface area contributed by atoms with Crippen molar-refractivity contribution in [3.05, 3.63) is 0 Å². The monoisotopic (exact) mass is 171 g/mol. The Kier molecular flexibility index (Phi) is 4.84. The quantitative estimate of drug-likeness (QED) is 0.670. The average molecular weight is 171 g/mol. The summed E-state index contributed by atoms with van der Waals surface area (Å²) in [4.78, 5) is 0.